The van der Waals surface area contributed by atoms with Gasteiger partial charge in [0.1, 0.15) is 5.52 Å². The van der Waals surface area contributed by atoms with Crippen molar-refractivity contribution in [1.29, 1.82) is 0 Å². The van der Waals surface area contributed by atoms with Gasteiger partial charge in [0.15, 0.2) is 11.5 Å². The first-order valence-corrected chi connectivity index (χ1v) is 5.88. The number of fused-ring (bicyclic) bond motifs is 1. The Morgan fingerprint density at radius 3 is 3.05 bits per heavy atom. The molecule has 3 N–H and O–H groups in total. The average Bonchev–Trinajstić information content (AvgIpc) is 2.94. The summed E-state index contributed by atoms with van der Waals surface area (Å²) in [6.07, 6.45) is 5.17. The van der Waals surface area contributed by atoms with Crippen molar-refractivity contribution in [3.63, 3.8) is 0 Å². The van der Waals surface area contributed by atoms with Crippen molar-refractivity contribution >= 4 is 22.9 Å². The molecule has 7 heteroatoms. The van der Waals surface area contributed by atoms with Gasteiger partial charge in [0.05, 0.1) is 6.33 Å². The zero-order valence-corrected chi connectivity index (χ0v) is 10.4. The maximum atomic E-state index is 4.38. The maximum absolute atomic E-state index is 4.38. The number of aromatic amines is 1. The van der Waals surface area contributed by atoms with Gasteiger partial charge in [-0.25, -0.2) is 4.98 Å². The van der Waals surface area contributed by atoms with E-state index in [9.17, 15) is 0 Å². The van der Waals surface area contributed by atoms with E-state index in [1.165, 1.54) is 0 Å². The minimum Gasteiger partial charge on any atom is -0.364 e. The number of rotatable bonds is 4. The lowest BCUT2D eigenvalue weighted by molar-refractivity contribution is 1.08. The molecule has 3 heterocycles. The summed E-state index contributed by atoms with van der Waals surface area (Å²) in [4.78, 5) is 19.9. The van der Waals surface area contributed by atoms with Crippen LogP contribution in [0.2, 0.25) is 0 Å². The molecule has 3 aromatic heterocycles. The molecule has 0 aliphatic carbocycles. The summed E-state index contributed by atoms with van der Waals surface area (Å²) in [7, 11) is 1.78. The van der Waals surface area contributed by atoms with Gasteiger partial charge in [-0.3, -0.25) is 4.98 Å². The third-order valence-corrected chi connectivity index (χ3v) is 2.69. The molecule has 3 rings (SSSR count). The van der Waals surface area contributed by atoms with Gasteiger partial charge in [0.25, 0.3) is 0 Å². The molecule has 0 amide bonds. The monoisotopic (exact) mass is 255 g/mol. The van der Waals surface area contributed by atoms with Crippen LogP contribution in [0.1, 0.15) is 5.56 Å². The van der Waals surface area contributed by atoms with Crippen LogP contribution < -0.4 is 10.6 Å². The molecule has 7 nitrogen and oxygen atoms in total. The molecular weight excluding hydrogens is 242 g/mol. The van der Waals surface area contributed by atoms with Gasteiger partial charge < -0.3 is 15.6 Å². The van der Waals surface area contributed by atoms with Crippen LogP contribution in [0.5, 0.6) is 0 Å². The molecule has 0 fully saturated rings. The summed E-state index contributed by atoms with van der Waals surface area (Å²) >= 11 is 0. The van der Waals surface area contributed by atoms with Crippen LogP contribution in [-0.2, 0) is 6.54 Å². The van der Waals surface area contributed by atoms with Crippen molar-refractivity contribution in [2.75, 3.05) is 17.7 Å². The quantitative estimate of drug-likeness (QED) is 0.652. The Balaban J connectivity index is 1.89. The van der Waals surface area contributed by atoms with E-state index in [0.29, 0.717) is 18.1 Å². The normalized spacial score (nSPS) is 10.6. The number of H-pyrrole nitrogens is 1. The Bertz CT molecular complexity index is 677. The Morgan fingerprint density at radius 1 is 1.32 bits per heavy atom. The van der Waals surface area contributed by atoms with Gasteiger partial charge in [-0.05, 0) is 11.6 Å². The fourth-order valence-corrected chi connectivity index (χ4v) is 1.76. The van der Waals surface area contributed by atoms with Crippen molar-refractivity contribution in [1.82, 2.24) is 24.9 Å². The molecule has 0 aliphatic rings. The molecule has 0 bridgehead atoms. The summed E-state index contributed by atoms with van der Waals surface area (Å²) in [5.74, 6) is 1.25. The molecule has 0 saturated carbocycles. The van der Waals surface area contributed by atoms with Crippen LogP contribution in [0.3, 0.4) is 0 Å². The summed E-state index contributed by atoms with van der Waals surface area (Å²) in [6.45, 7) is 0.641. The topological polar surface area (TPSA) is 91.4 Å². The number of hydrogen-bond acceptors (Lipinski definition) is 6. The van der Waals surface area contributed by atoms with Gasteiger partial charge in [0, 0.05) is 26.0 Å². The number of nitrogens with zero attached hydrogens (tertiary/aromatic N) is 4. The molecule has 0 spiro atoms. The minimum absolute atomic E-state index is 0.535. The SMILES string of the molecule is CNc1nc(NCc2cccnc2)c2[nH]cnc2n1. The first-order chi connectivity index (χ1) is 9.36. The van der Waals surface area contributed by atoms with E-state index < -0.39 is 0 Å². The Hall–Kier alpha value is -2.70. The van der Waals surface area contributed by atoms with Gasteiger partial charge in [-0.1, -0.05) is 6.07 Å². The molecule has 0 radical (unpaired) electrons. The van der Waals surface area contributed by atoms with E-state index in [1.807, 2.05) is 18.3 Å². The third kappa shape index (κ3) is 2.30. The number of imidazole rings is 1. The second-order valence-corrected chi connectivity index (χ2v) is 3.96. The van der Waals surface area contributed by atoms with E-state index in [4.69, 9.17) is 0 Å². The lowest BCUT2D eigenvalue weighted by atomic mass is 10.3. The molecule has 3 aromatic rings. The van der Waals surface area contributed by atoms with Crippen molar-refractivity contribution in [3.8, 4) is 0 Å². The molecule has 0 unspecified atom stereocenters. The fourth-order valence-electron chi connectivity index (χ4n) is 1.76. The smallest absolute Gasteiger partial charge is 0.226 e. The highest BCUT2D eigenvalue weighted by molar-refractivity contribution is 5.83. The van der Waals surface area contributed by atoms with Crippen molar-refractivity contribution < 1.29 is 0 Å². The number of nitrogens with one attached hydrogen (secondary N) is 3. The summed E-state index contributed by atoms with van der Waals surface area (Å²) in [6, 6.07) is 3.91. The summed E-state index contributed by atoms with van der Waals surface area (Å²) < 4.78 is 0. The first kappa shape index (κ1) is 11.4. The van der Waals surface area contributed by atoms with Crippen molar-refractivity contribution in [3.05, 3.63) is 36.4 Å². The predicted octanol–water partition coefficient (Wildman–Crippen LogP) is 1.40. The lowest BCUT2D eigenvalue weighted by Crippen LogP contribution is -2.05. The van der Waals surface area contributed by atoms with E-state index in [0.717, 1.165) is 16.9 Å². The molecule has 0 aromatic carbocycles. The molecule has 19 heavy (non-hydrogen) atoms. The standard InChI is InChI=1S/C12H13N7/c1-13-12-18-10(9-11(19-12)17-7-16-9)15-6-8-3-2-4-14-5-8/h2-5,7H,6H2,1H3,(H3,13,15,16,17,18,19). The van der Waals surface area contributed by atoms with E-state index in [1.54, 1.807) is 19.6 Å². The van der Waals surface area contributed by atoms with Gasteiger partial charge in [-0.15, -0.1) is 0 Å². The van der Waals surface area contributed by atoms with Crippen LogP contribution in [-0.4, -0.2) is 32.0 Å². The highest BCUT2D eigenvalue weighted by Crippen LogP contribution is 2.18. The number of hydrogen-bond donors (Lipinski definition) is 3. The minimum atomic E-state index is 0.535. The Labute approximate surface area is 109 Å². The highest BCUT2D eigenvalue weighted by atomic mass is 15.2. The zero-order chi connectivity index (χ0) is 13.1. The van der Waals surface area contributed by atoms with Crippen LogP contribution in [0.25, 0.3) is 11.2 Å². The lowest BCUT2D eigenvalue weighted by Gasteiger charge is -2.07. The van der Waals surface area contributed by atoms with Gasteiger partial charge in [0.2, 0.25) is 5.95 Å². The zero-order valence-electron chi connectivity index (χ0n) is 10.4. The predicted molar refractivity (Wildman–Crippen MR) is 72.8 cm³/mol. The molecular formula is C12H13N7. The van der Waals surface area contributed by atoms with Crippen LogP contribution in [0.4, 0.5) is 11.8 Å². The maximum Gasteiger partial charge on any atom is 0.226 e. The molecule has 0 saturated heterocycles. The largest absolute Gasteiger partial charge is 0.364 e. The second-order valence-electron chi connectivity index (χ2n) is 3.96. The second kappa shape index (κ2) is 4.89. The van der Waals surface area contributed by atoms with Gasteiger partial charge in [-0.2, -0.15) is 9.97 Å². The molecule has 0 aliphatic heterocycles. The van der Waals surface area contributed by atoms with E-state index in [-0.39, 0.29) is 0 Å². The van der Waals surface area contributed by atoms with E-state index in [2.05, 4.69) is 35.6 Å². The molecule has 0 atom stereocenters. The fraction of sp³-hybridized carbons (Fsp3) is 0.167. The van der Waals surface area contributed by atoms with Crippen molar-refractivity contribution in [2.45, 2.75) is 6.54 Å². The number of anilines is 2. The number of pyridine rings is 1. The Morgan fingerprint density at radius 2 is 2.26 bits per heavy atom. The van der Waals surface area contributed by atoms with Crippen molar-refractivity contribution in [2.24, 2.45) is 0 Å². The van der Waals surface area contributed by atoms with Crippen LogP contribution in [0, 0.1) is 0 Å². The van der Waals surface area contributed by atoms with Crippen LogP contribution >= 0.6 is 0 Å². The first-order valence-electron chi connectivity index (χ1n) is 5.88. The summed E-state index contributed by atoms with van der Waals surface area (Å²) in [5.41, 5.74) is 2.51. The van der Waals surface area contributed by atoms with E-state index >= 15 is 0 Å². The van der Waals surface area contributed by atoms with Gasteiger partial charge >= 0.3 is 0 Å². The third-order valence-electron chi connectivity index (χ3n) is 2.69. The highest BCUT2D eigenvalue weighted by Gasteiger charge is 2.08. The summed E-state index contributed by atoms with van der Waals surface area (Å²) in [5, 5.41) is 6.18. The van der Waals surface area contributed by atoms with Crippen LogP contribution in [0.15, 0.2) is 30.9 Å². The average molecular weight is 255 g/mol. The molecule has 96 valence electrons. The Kier molecular flexibility index (Phi) is 2.93. The number of aromatic nitrogens is 5.